The minimum atomic E-state index is -1.20. The van der Waals surface area contributed by atoms with E-state index in [9.17, 15) is 9.18 Å². The number of carbonyl (C=O) groups is 1. The highest BCUT2D eigenvalue weighted by molar-refractivity contribution is 5.86. The number of carboxylic acid groups (broad SMARTS) is 1. The SMILES string of the molecule is CC1Cc2c([nH]c3ccccc23)C(c2c(F)cc(/C=C/C(=O)O)cc2F)N1C12CC(F)(C1)C2. The van der Waals surface area contributed by atoms with E-state index in [4.69, 9.17) is 5.11 Å². The fourth-order valence-corrected chi connectivity index (χ4v) is 6.50. The summed E-state index contributed by atoms with van der Waals surface area (Å²) in [6.45, 7) is 2.04. The lowest BCUT2D eigenvalue weighted by Crippen LogP contribution is -2.78. The van der Waals surface area contributed by atoms with E-state index in [0.29, 0.717) is 25.7 Å². The second-order valence-electron chi connectivity index (χ2n) is 9.90. The number of rotatable bonds is 4. The summed E-state index contributed by atoms with van der Waals surface area (Å²) in [6.07, 6.45) is 3.89. The number of para-hydroxylation sites is 1. The molecule has 1 aliphatic heterocycles. The van der Waals surface area contributed by atoms with Gasteiger partial charge in [-0.2, -0.15) is 0 Å². The number of aromatic amines is 1. The molecule has 2 bridgehead atoms. The second-order valence-corrected chi connectivity index (χ2v) is 9.90. The molecule has 3 aromatic rings. The Hall–Kier alpha value is -3.06. The summed E-state index contributed by atoms with van der Waals surface area (Å²) in [4.78, 5) is 16.4. The minimum Gasteiger partial charge on any atom is -0.478 e. The maximum atomic E-state index is 15.5. The van der Waals surface area contributed by atoms with Crippen LogP contribution in [-0.4, -0.2) is 38.2 Å². The fourth-order valence-electron chi connectivity index (χ4n) is 6.50. The van der Waals surface area contributed by atoms with E-state index in [1.54, 1.807) is 0 Å². The Morgan fingerprint density at radius 3 is 2.48 bits per heavy atom. The van der Waals surface area contributed by atoms with Gasteiger partial charge in [-0.15, -0.1) is 0 Å². The molecule has 2 heterocycles. The number of hydrogen-bond donors (Lipinski definition) is 2. The summed E-state index contributed by atoms with van der Waals surface area (Å²) in [7, 11) is 0. The van der Waals surface area contributed by atoms with Gasteiger partial charge in [0.1, 0.15) is 17.3 Å². The van der Waals surface area contributed by atoms with Crippen molar-refractivity contribution in [3.63, 3.8) is 0 Å². The topological polar surface area (TPSA) is 56.3 Å². The van der Waals surface area contributed by atoms with Crippen LogP contribution >= 0.6 is 0 Å². The molecular weight excluding hydrogens is 429 g/mol. The van der Waals surface area contributed by atoms with Gasteiger partial charge >= 0.3 is 5.97 Å². The first-order valence-electron chi connectivity index (χ1n) is 11.2. The largest absolute Gasteiger partial charge is 0.478 e. The highest BCUT2D eigenvalue weighted by Gasteiger charge is 2.73. The Bertz CT molecular complexity index is 1300. The van der Waals surface area contributed by atoms with Crippen molar-refractivity contribution < 1.29 is 23.1 Å². The minimum absolute atomic E-state index is 0.0306. The van der Waals surface area contributed by atoms with E-state index in [-0.39, 0.29) is 17.2 Å². The monoisotopic (exact) mass is 452 g/mol. The second kappa shape index (κ2) is 6.73. The summed E-state index contributed by atoms with van der Waals surface area (Å²) < 4.78 is 45.6. The summed E-state index contributed by atoms with van der Waals surface area (Å²) in [5.74, 6) is -2.68. The molecule has 2 aromatic carbocycles. The smallest absolute Gasteiger partial charge is 0.328 e. The average Bonchev–Trinajstić information content (AvgIpc) is 3.07. The molecule has 0 spiro atoms. The van der Waals surface area contributed by atoms with E-state index in [1.165, 1.54) is 6.08 Å². The van der Waals surface area contributed by atoms with Gasteiger partial charge in [-0.25, -0.2) is 18.0 Å². The lowest BCUT2D eigenvalue weighted by molar-refractivity contribution is -0.246. The Morgan fingerprint density at radius 1 is 1.18 bits per heavy atom. The van der Waals surface area contributed by atoms with Gasteiger partial charge in [0.05, 0.1) is 6.04 Å². The zero-order valence-corrected chi connectivity index (χ0v) is 18.0. The number of carboxylic acids is 1. The Balaban J connectivity index is 1.54. The molecule has 3 saturated carbocycles. The van der Waals surface area contributed by atoms with E-state index < -0.39 is 34.9 Å². The fraction of sp³-hybridized carbons (Fsp3) is 0.346. The molecule has 4 nitrogen and oxygen atoms in total. The third-order valence-corrected chi connectivity index (χ3v) is 7.65. The van der Waals surface area contributed by atoms with Gasteiger partial charge in [-0.3, -0.25) is 4.90 Å². The van der Waals surface area contributed by atoms with E-state index in [2.05, 4.69) is 9.88 Å². The van der Waals surface area contributed by atoms with E-state index in [1.807, 2.05) is 31.2 Å². The molecular formula is C26H23F3N2O2. The summed E-state index contributed by atoms with van der Waals surface area (Å²) >= 11 is 0. The quantitative estimate of drug-likeness (QED) is 0.512. The number of alkyl halides is 1. The van der Waals surface area contributed by atoms with Gasteiger partial charge in [0.2, 0.25) is 0 Å². The van der Waals surface area contributed by atoms with Crippen molar-refractivity contribution in [2.45, 2.75) is 55.9 Å². The molecule has 33 heavy (non-hydrogen) atoms. The van der Waals surface area contributed by atoms with Crippen molar-refractivity contribution >= 4 is 22.9 Å². The highest BCUT2D eigenvalue weighted by atomic mass is 19.1. The van der Waals surface area contributed by atoms with Crippen molar-refractivity contribution in [3.8, 4) is 0 Å². The van der Waals surface area contributed by atoms with E-state index in [0.717, 1.165) is 40.4 Å². The highest BCUT2D eigenvalue weighted by Crippen LogP contribution is 2.68. The van der Waals surface area contributed by atoms with Crippen LogP contribution in [0.2, 0.25) is 0 Å². The first kappa shape index (κ1) is 20.5. The zero-order chi connectivity index (χ0) is 23.1. The third kappa shape index (κ3) is 2.91. The summed E-state index contributed by atoms with van der Waals surface area (Å²) in [5.41, 5.74) is 1.20. The van der Waals surface area contributed by atoms with Crippen molar-refractivity contribution in [2.24, 2.45) is 0 Å². The molecule has 0 radical (unpaired) electrons. The predicted octanol–water partition coefficient (Wildman–Crippen LogP) is 5.52. The van der Waals surface area contributed by atoms with Crippen molar-refractivity contribution in [2.75, 3.05) is 0 Å². The van der Waals surface area contributed by atoms with Crippen LogP contribution in [0.15, 0.2) is 42.5 Å². The van der Waals surface area contributed by atoms with E-state index >= 15 is 8.78 Å². The third-order valence-electron chi connectivity index (χ3n) is 7.65. The Morgan fingerprint density at radius 2 is 1.85 bits per heavy atom. The zero-order valence-electron chi connectivity index (χ0n) is 18.0. The Labute approximate surface area is 188 Å². The van der Waals surface area contributed by atoms with Crippen LogP contribution in [0.1, 0.15) is 54.6 Å². The van der Waals surface area contributed by atoms with Crippen LogP contribution in [0.5, 0.6) is 0 Å². The predicted molar refractivity (Wildman–Crippen MR) is 119 cm³/mol. The molecule has 0 amide bonds. The van der Waals surface area contributed by atoms with Gasteiger partial charge in [0.25, 0.3) is 0 Å². The molecule has 170 valence electrons. The average molecular weight is 452 g/mol. The number of aliphatic carboxylic acids is 1. The van der Waals surface area contributed by atoms with Crippen LogP contribution in [0.4, 0.5) is 13.2 Å². The van der Waals surface area contributed by atoms with Gasteiger partial charge in [-0.1, -0.05) is 18.2 Å². The molecule has 0 saturated heterocycles. The number of fused-ring (bicyclic) bond motifs is 3. The number of H-pyrrole nitrogens is 1. The van der Waals surface area contributed by atoms with Crippen LogP contribution in [0.25, 0.3) is 17.0 Å². The normalized spacial score (nSPS) is 30.8. The first-order chi connectivity index (χ1) is 15.7. The standard InChI is InChI=1S/C26H23F3N2O2/c1-14-8-17-16-4-2-3-5-20(16)30-23(17)24(31(14)26-11-25(29,12-26)13-26)22-18(27)9-15(10-19(22)28)6-7-21(32)33/h2-7,9-10,14,24,30H,8,11-13H2,1H3,(H,32,33)/b7-6+. The van der Waals surface area contributed by atoms with Gasteiger partial charge in [0.15, 0.2) is 0 Å². The van der Waals surface area contributed by atoms with Gasteiger partial charge in [0, 0.05) is 59.1 Å². The van der Waals surface area contributed by atoms with Gasteiger partial charge < -0.3 is 10.1 Å². The molecule has 3 fully saturated rings. The van der Waals surface area contributed by atoms with Crippen molar-refractivity contribution in [1.82, 2.24) is 9.88 Å². The molecule has 2 N–H and O–H groups in total. The number of halogens is 3. The lowest BCUT2D eigenvalue weighted by Gasteiger charge is -2.72. The number of nitrogens with zero attached hydrogens (tertiary/aromatic N) is 1. The number of aromatic nitrogens is 1. The van der Waals surface area contributed by atoms with Crippen LogP contribution in [0, 0.1) is 11.6 Å². The molecule has 1 aromatic heterocycles. The maximum Gasteiger partial charge on any atom is 0.328 e. The van der Waals surface area contributed by atoms with Crippen molar-refractivity contribution in [3.05, 3.63) is 76.5 Å². The first-order valence-corrected chi connectivity index (χ1v) is 11.2. The van der Waals surface area contributed by atoms with Crippen LogP contribution in [-0.2, 0) is 11.2 Å². The number of nitrogens with one attached hydrogen (secondary N) is 1. The van der Waals surface area contributed by atoms with Gasteiger partial charge in [-0.05, 0) is 48.7 Å². The maximum absolute atomic E-state index is 15.5. The summed E-state index contributed by atoms with van der Waals surface area (Å²) in [5, 5.41) is 9.88. The molecule has 3 aliphatic carbocycles. The number of hydrogen-bond acceptors (Lipinski definition) is 2. The van der Waals surface area contributed by atoms with Crippen LogP contribution in [0.3, 0.4) is 0 Å². The summed E-state index contributed by atoms with van der Waals surface area (Å²) in [6, 6.07) is 9.39. The molecule has 7 heteroatoms. The van der Waals surface area contributed by atoms with Crippen LogP contribution < -0.4 is 0 Å². The molecule has 2 atom stereocenters. The molecule has 4 aliphatic rings. The lowest BCUT2D eigenvalue weighted by atomic mass is 9.46. The molecule has 7 rings (SSSR count). The molecule has 2 unspecified atom stereocenters. The van der Waals surface area contributed by atoms with Crippen molar-refractivity contribution in [1.29, 1.82) is 0 Å². The number of benzene rings is 2. The Kier molecular flexibility index (Phi) is 4.19.